The molecule has 0 fully saturated rings. The molecular weight excluding hydrogens is 258 g/mol. The molecule has 112 valence electrons. The van der Waals surface area contributed by atoms with Gasteiger partial charge in [-0.1, -0.05) is 48.4 Å². The van der Waals surface area contributed by atoms with Gasteiger partial charge < -0.3 is 10.1 Å². The van der Waals surface area contributed by atoms with Crippen LogP contribution in [0.4, 0.5) is 0 Å². The van der Waals surface area contributed by atoms with Crippen LogP contribution >= 0.6 is 0 Å². The third kappa shape index (κ3) is 4.33. The highest BCUT2D eigenvalue weighted by Gasteiger charge is 2.13. The average molecular weight is 283 g/mol. The van der Waals surface area contributed by atoms with E-state index < -0.39 is 0 Å². The first-order valence-corrected chi connectivity index (χ1v) is 7.60. The summed E-state index contributed by atoms with van der Waals surface area (Å²) in [5.74, 6) is 0.924. The minimum Gasteiger partial charge on any atom is -0.492 e. The first kappa shape index (κ1) is 15.6. The largest absolute Gasteiger partial charge is 0.492 e. The second kappa shape index (κ2) is 7.28. The van der Waals surface area contributed by atoms with Crippen molar-refractivity contribution >= 4 is 0 Å². The Hall–Kier alpha value is -1.80. The fourth-order valence-electron chi connectivity index (χ4n) is 2.54. The zero-order chi connectivity index (χ0) is 15.2. The Balaban J connectivity index is 2.09. The fourth-order valence-corrected chi connectivity index (χ4v) is 2.54. The van der Waals surface area contributed by atoms with Crippen molar-refractivity contribution in [1.29, 1.82) is 0 Å². The van der Waals surface area contributed by atoms with Crippen molar-refractivity contribution in [3.8, 4) is 5.75 Å². The van der Waals surface area contributed by atoms with Crippen LogP contribution in [0.3, 0.4) is 0 Å². The molecule has 0 aliphatic carbocycles. The highest BCUT2D eigenvalue weighted by molar-refractivity contribution is 5.33. The number of ether oxygens (including phenoxy) is 1. The molecule has 0 aromatic heterocycles. The molecule has 0 saturated heterocycles. The van der Waals surface area contributed by atoms with E-state index in [1.165, 1.54) is 22.3 Å². The third-order valence-corrected chi connectivity index (χ3v) is 3.69. The van der Waals surface area contributed by atoms with E-state index in [1.54, 1.807) is 0 Å². The van der Waals surface area contributed by atoms with Crippen LogP contribution in [0.5, 0.6) is 5.75 Å². The summed E-state index contributed by atoms with van der Waals surface area (Å²) in [4.78, 5) is 0. The standard InChI is InChI=1S/C19H25NO/c1-5-20-19(18-11-8-15(3)12-16(18)4)13-21-17-9-6-14(2)7-10-17/h6-12,19-20H,5,13H2,1-4H3. The first-order valence-electron chi connectivity index (χ1n) is 7.60. The van der Waals surface area contributed by atoms with Gasteiger partial charge in [0.25, 0.3) is 0 Å². The molecule has 2 nitrogen and oxygen atoms in total. The summed E-state index contributed by atoms with van der Waals surface area (Å²) in [6.45, 7) is 10.1. The molecule has 0 saturated carbocycles. The van der Waals surface area contributed by atoms with Gasteiger partial charge in [-0.25, -0.2) is 0 Å². The number of likely N-dealkylation sites (N-methyl/N-ethyl adjacent to an activating group) is 1. The molecule has 1 atom stereocenters. The topological polar surface area (TPSA) is 21.3 Å². The van der Waals surface area contributed by atoms with Gasteiger partial charge in [-0.05, 0) is 50.6 Å². The Kier molecular flexibility index (Phi) is 5.40. The molecule has 2 aromatic carbocycles. The minimum atomic E-state index is 0.219. The van der Waals surface area contributed by atoms with Crippen LogP contribution in [0.2, 0.25) is 0 Å². The summed E-state index contributed by atoms with van der Waals surface area (Å²) < 4.78 is 5.95. The molecule has 1 N–H and O–H groups in total. The second-order valence-electron chi connectivity index (χ2n) is 5.59. The van der Waals surface area contributed by atoms with Crippen molar-refractivity contribution in [2.45, 2.75) is 33.7 Å². The van der Waals surface area contributed by atoms with Crippen LogP contribution in [0.1, 0.15) is 35.2 Å². The number of hydrogen-bond donors (Lipinski definition) is 1. The maximum Gasteiger partial charge on any atom is 0.119 e. The summed E-state index contributed by atoms with van der Waals surface area (Å²) in [7, 11) is 0. The molecule has 21 heavy (non-hydrogen) atoms. The van der Waals surface area contributed by atoms with Gasteiger partial charge >= 0.3 is 0 Å². The van der Waals surface area contributed by atoms with Gasteiger partial charge in [-0.15, -0.1) is 0 Å². The van der Waals surface area contributed by atoms with Gasteiger partial charge in [0.15, 0.2) is 0 Å². The Morgan fingerprint density at radius 3 is 2.24 bits per heavy atom. The van der Waals surface area contributed by atoms with E-state index in [4.69, 9.17) is 4.74 Å². The SMILES string of the molecule is CCNC(COc1ccc(C)cc1)c1ccc(C)cc1C. The molecule has 0 aliphatic heterocycles. The molecule has 2 heteroatoms. The monoisotopic (exact) mass is 283 g/mol. The van der Waals surface area contributed by atoms with Crippen molar-refractivity contribution in [1.82, 2.24) is 5.32 Å². The van der Waals surface area contributed by atoms with Gasteiger partial charge in [0.2, 0.25) is 0 Å². The molecule has 0 bridgehead atoms. The van der Waals surface area contributed by atoms with E-state index in [9.17, 15) is 0 Å². The average Bonchev–Trinajstić information content (AvgIpc) is 2.46. The lowest BCUT2D eigenvalue weighted by Crippen LogP contribution is -2.27. The molecule has 0 amide bonds. The Bertz CT molecular complexity index is 575. The van der Waals surface area contributed by atoms with E-state index >= 15 is 0 Å². The van der Waals surface area contributed by atoms with Crippen LogP contribution in [0.15, 0.2) is 42.5 Å². The smallest absolute Gasteiger partial charge is 0.119 e. The van der Waals surface area contributed by atoms with Crippen LogP contribution in [-0.4, -0.2) is 13.2 Å². The molecule has 2 aromatic rings. The molecule has 0 heterocycles. The summed E-state index contributed by atoms with van der Waals surface area (Å²) >= 11 is 0. The third-order valence-electron chi connectivity index (χ3n) is 3.69. The van der Waals surface area contributed by atoms with Crippen molar-refractivity contribution in [2.75, 3.05) is 13.2 Å². The lowest BCUT2D eigenvalue weighted by Gasteiger charge is -2.21. The summed E-state index contributed by atoms with van der Waals surface area (Å²) in [6.07, 6.45) is 0. The van der Waals surface area contributed by atoms with E-state index in [0.717, 1.165) is 12.3 Å². The highest BCUT2D eigenvalue weighted by Crippen LogP contribution is 2.21. The number of hydrogen-bond acceptors (Lipinski definition) is 2. The predicted octanol–water partition coefficient (Wildman–Crippen LogP) is 4.34. The second-order valence-corrected chi connectivity index (χ2v) is 5.59. The maximum absolute atomic E-state index is 5.95. The van der Waals surface area contributed by atoms with E-state index in [2.05, 4.69) is 63.3 Å². The molecule has 0 aliphatic rings. The van der Waals surface area contributed by atoms with Gasteiger partial charge in [-0.2, -0.15) is 0 Å². The fraction of sp³-hybridized carbons (Fsp3) is 0.368. The summed E-state index contributed by atoms with van der Waals surface area (Å²) in [6, 6.07) is 15.0. The van der Waals surface area contributed by atoms with E-state index in [1.807, 2.05) is 12.1 Å². The lowest BCUT2D eigenvalue weighted by atomic mass is 9.99. The summed E-state index contributed by atoms with van der Waals surface area (Å²) in [5, 5.41) is 3.52. The maximum atomic E-state index is 5.95. The Morgan fingerprint density at radius 1 is 0.952 bits per heavy atom. The molecular formula is C19H25NO. The number of benzene rings is 2. The molecule has 1 unspecified atom stereocenters. The molecule has 0 spiro atoms. The zero-order valence-corrected chi connectivity index (χ0v) is 13.4. The Morgan fingerprint density at radius 2 is 1.62 bits per heavy atom. The number of rotatable bonds is 6. The van der Waals surface area contributed by atoms with E-state index in [0.29, 0.717) is 6.61 Å². The first-order chi connectivity index (χ1) is 10.1. The van der Waals surface area contributed by atoms with Crippen molar-refractivity contribution in [3.63, 3.8) is 0 Å². The number of aryl methyl sites for hydroxylation is 3. The van der Waals surface area contributed by atoms with Gasteiger partial charge in [0, 0.05) is 0 Å². The normalized spacial score (nSPS) is 12.2. The minimum absolute atomic E-state index is 0.219. The van der Waals surface area contributed by atoms with Gasteiger partial charge in [0.1, 0.15) is 12.4 Å². The van der Waals surface area contributed by atoms with Crippen molar-refractivity contribution in [3.05, 3.63) is 64.7 Å². The van der Waals surface area contributed by atoms with Crippen LogP contribution in [0, 0.1) is 20.8 Å². The zero-order valence-electron chi connectivity index (χ0n) is 13.4. The quantitative estimate of drug-likeness (QED) is 0.851. The lowest BCUT2D eigenvalue weighted by molar-refractivity contribution is 0.267. The van der Waals surface area contributed by atoms with E-state index in [-0.39, 0.29) is 6.04 Å². The van der Waals surface area contributed by atoms with Crippen molar-refractivity contribution < 1.29 is 4.74 Å². The highest BCUT2D eigenvalue weighted by atomic mass is 16.5. The predicted molar refractivity (Wildman–Crippen MR) is 89.0 cm³/mol. The van der Waals surface area contributed by atoms with Crippen molar-refractivity contribution in [2.24, 2.45) is 0 Å². The number of nitrogens with one attached hydrogen (secondary N) is 1. The molecule has 0 radical (unpaired) electrons. The van der Waals surface area contributed by atoms with Crippen LogP contribution in [-0.2, 0) is 0 Å². The summed E-state index contributed by atoms with van der Waals surface area (Å²) in [5.41, 5.74) is 5.17. The Labute approximate surface area is 128 Å². The van der Waals surface area contributed by atoms with Gasteiger partial charge in [-0.3, -0.25) is 0 Å². The van der Waals surface area contributed by atoms with Crippen LogP contribution in [0.25, 0.3) is 0 Å². The molecule has 2 rings (SSSR count). The van der Waals surface area contributed by atoms with Crippen LogP contribution < -0.4 is 10.1 Å². The van der Waals surface area contributed by atoms with Gasteiger partial charge in [0.05, 0.1) is 6.04 Å².